The molecule has 0 bridgehead atoms. The van der Waals surface area contributed by atoms with Crippen LogP contribution in [-0.2, 0) is 6.54 Å². The standard InChI is InChI=1S/C19H14Cl2FN3O2/c1-11-8-17(26)18(24-25(11)16-5-3-2-4-15(16)22)19(27)23-10-12-6-7-13(20)9-14(12)21/h2-9H,10H2,1H3,(H,23,27). The Bertz CT molecular complexity index is 1080. The zero-order chi connectivity index (χ0) is 19.6. The number of hydrogen-bond acceptors (Lipinski definition) is 3. The SMILES string of the molecule is Cc1cc(=O)c(C(=O)NCc2ccc(Cl)cc2Cl)nn1-c1ccccc1F. The molecule has 1 N–H and O–H groups in total. The van der Waals surface area contributed by atoms with Crippen LogP contribution in [0.4, 0.5) is 4.39 Å². The van der Waals surface area contributed by atoms with Gasteiger partial charge in [-0.2, -0.15) is 5.10 Å². The highest BCUT2D eigenvalue weighted by atomic mass is 35.5. The number of nitrogens with one attached hydrogen (secondary N) is 1. The second kappa shape index (κ2) is 7.90. The van der Waals surface area contributed by atoms with Gasteiger partial charge in [-0.05, 0) is 36.8 Å². The number of hydrogen-bond donors (Lipinski definition) is 1. The molecule has 0 radical (unpaired) electrons. The average Bonchev–Trinajstić information content (AvgIpc) is 2.62. The van der Waals surface area contributed by atoms with Crippen LogP contribution in [0.2, 0.25) is 10.0 Å². The van der Waals surface area contributed by atoms with E-state index in [0.717, 1.165) is 0 Å². The molecular formula is C19H14Cl2FN3O2. The first-order valence-electron chi connectivity index (χ1n) is 7.95. The van der Waals surface area contributed by atoms with Crippen LogP contribution in [0.25, 0.3) is 5.69 Å². The molecule has 0 saturated carbocycles. The summed E-state index contributed by atoms with van der Waals surface area (Å²) in [7, 11) is 0. The van der Waals surface area contributed by atoms with Crippen molar-refractivity contribution in [2.24, 2.45) is 0 Å². The van der Waals surface area contributed by atoms with Gasteiger partial charge in [0.1, 0.15) is 11.5 Å². The van der Waals surface area contributed by atoms with Crippen molar-refractivity contribution in [2.75, 3.05) is 0 Å². The summed E-state index contributed by atoms with van der Waals surface area (Å²) >= 11 is 11.9. The number of aryl methyl sites for hydroxylation is 1. The first-order valence-corrected chi connectivity index (χ1v) is 8.70. The number of nitrogens with zero attached hydrogens (tertiary/aromatic N) is 2. The monoisotopic (exact) mass is 405 g/mol. The van der Waals surface area contributed by atoms with Crippen LogP contribution in [0, 0.1) is 12.7 Å². The third kappa shape index (κ3) is 4.18. The zero-order valence-corrected chi connectivity index (χ0v) is 15.7. The van der Waals surface area contributed by atoms with Crippen molar-refractivity contribution in [1.29, 1.82) is 0 Å². The largest absolute Gasteiger partial charge is 0.346 e. The lowest BCUT2D eigenvalue weighted by atomic mass is 10.2. The van der Waals surface area contributed by atoms with Crippen LogP contribution < -0.4 is 10.7 Å². The van der Waals surface area contributed by atoms with Gasteiger partial charge < -0.3 is 5.32 Å². The fourth-order valence-electron chi connectivity index (χ4n) is 2.50. The van der Waals surface area contributed by atoms with Crippen molar-refractivity contribution in [3.63, 3.8) is 0 Å². The van der Waals surface area contributed by atoms with Gasteiger partial charge in [-0.25, -0.2) is 9.07 Å². The van der Waals surface area contributed by atoms with Crippen molar-refractivity contribution >= 4 is 29.1 Å². The lowest BCUT2D eigenvalue weighted by Gasteiger charge is -2.12. The van der Waals surface area contributed by atoms with E-state index in [1.54, 1.807) is 37.3 Å². The van der Waals surface area contributed by atoms with E-state index in [-0.39, 0.29) is 17.9 Å². The minimum Gasteiger partial charge on any atom is -0.346 e. The lowest BCUT2D eigenvalue weighted by Crippen LogP contribution is -2.31. The van der Waals surface area contributed by atoms with Gasteiger partial charge in [0.25, 0.3) is 5.91 Å². The summed E-state index contributed by atoms with van der Waals surface area (Å²) in [5, 5.41) is 7.51. The number of carbonyl (C=O) groups excluding carboxylic acids is 1. The first kappa shape index (κ1) is 19.1. The van der Waals surface area contributed by atoms with Gasteiger partial charge in [0.05, 0.1) is 0 Å². The molecular weight excluding hydrogens is 392 g/mol. The number of carbonyl (C=O) groups is 1. The van der Waals surface area contributed by atoms with E-state index in [2.05, 4.69) is 10.4 Å². The number of rotatable bonds is 4. The molecule has 1 amide bonds. The molecule has 0 unspecified atom stereocenters. The molecule has 1 aromatic heterocycles. The van der Waals surface area contributed by atoms with Crippen molar-refractivity contribution in [3.8, 4) is 5.69 Å². The maximum atomic E-state index is 14.1. The molecule has 0 fully saturated rings. The summed E-state index contributed by atoms with van der Waals surface area (Å²) in [5.74, 6) is -1.20. The van der Waals surface area contributed by atoms with E-state index in [4.69, 9.17) is 23.2 Å². The lowest BCUT2D eigenvalue weighted by molar-refractivity contribution is 0.0943. The Morgan fingerprint density at radius 2 is 1.93 bits per heavy atom. The van der Waals surface area contributed by atoms with Crippen LogP contribution in [0.1, 0.15) is 21.7 Å². The van der Waals surface area contributed by atoms with Crippen LogP contribution in [-0.4, -0.2) is 15.7 Å². The normalized spacial score (nSPS) is 10.7. The van der Waals surface area contributed by atoms with E-state index in [1.165, 1.54) is 22.9 Å². The number of para-hydroxylation sites is 1. The topological polar surface area (TPSA) is 64.0 Å². The quantitative estimate of drug-likeness (QED) is 0.715. The highest BCUT2D eigenvalue weighted by Crippen LogP contribution is 2.20. The Kier molecular flexibility index (Phi) is 5.58. The van der Waals surface area contributed by atoms with Crippen LogP contribution in [0.15, 0.2) is 53.3 Å². The highest BCUT2D eigenvalue weighted by molar-refractivity contribution is 6.35. The van der Waals surface area contributed by atoms with Gasteiger partial charge in [-0.15, -0.1) is 0 Å². The molecule has 0 atom stereocenters. The number of aromatic nitrogens is 2. The zero-order valence-electron chi connectivity index (χ0n) is 14.2. The summed E-state index contributed by atoms with van der Waals surface area (Å²) in [6.45, 7) is 1.69. The van der Waals surface area contributed by atoms with Gasteiger partial charge >= 0.3 is 0 Å². The van der Waals surface area contributed by atoms with Crippen molar-refractivity contribution in [3.05, 3.63) is 91.6 Å². The molecule has 0 aliphatic heterocycles. The Labute approximate surface area is 164 Å². The highest BCUT2D eigenvalue weighted by Gasteiger charge is 2.17. The van der Waals surface area contributed by atoms with E-state index >= 15 is 0 Å². The number of benzene rings is 2. The van der Waals surface area contributed by atoms with E-state index in [0.29, 0.717) is 21.3 Å². The molecule has 8 heteroatoms. The summed E-state index contributed by atoms with van der Waals surface area (Å²) in [6.07, 6.45) is 0. The van der Waals surface area contributed by atoms with Crippen LogP contribution in [0.3, 0.4) is 0 Å². The van der Waals surface area contributed by atoms with E-state index in [9.17, 15) is 14.0 Å². The average molecular weight is 406 g/mol. The number of halogens is 3. The summed E-state index contributed by atoms with van der Waals surface area (Å²) in [4.78, 5) is 24.6. The molecule has 0 spiro atoms. The number of amides is 1. The maximum Gasteiger partial charge on any atom is 0.276 e. The van der Waals surface area contributed by atoms with Gasteiger partial charge in [0.15, 0.2) is 5.69 Å². The van der Waals surface area contributed by atoms with E-state index in [1.807, 2.05) is 0 Å². The van der Waals surface area contributed by atoms with Crippen molar-refractivity contribution in [2.45, 2.75) is 13.5 Å². The Morgan fingerprint density at radius 3 is 2.63 bits per heavy atom. The molecule has 138 valence electrons. The first-order chi connectivity index (χ1) is 12.9. The molecule has 1 heterocycles. The smallest absolute Gasteiger partial charge is 0.276 e. The van der Waals surface area contributed by atoms with Crippen LogP contribution >= 0.6 is 23.2 Å². The van der Waals surface area contributed by atoms with Crippen LogP contribution in [0.5, 0.6) is 0 Å². The molecule has 27 heavy (non-hydrogen) atoms. The van der Waals surface area contributed by atoms with E-state index < -0.39 is 17.2 Å². The molecule has 0 aliphatic rings. The molecule has 3 aromatic rings. The summed E-state index contributed by atoms with van der Waals surface area (Å²) < 4.78 is 15.3. The Balaban J connectivity index is 1.90. The summed E-state index contributed by atoms with van der Waals surface area (Å²) in [5.41, 5.74) is 0.289. The molecule has 2 aromatic carbocycles. The second-order valence-corrected chi connectivity index (χ2v) is 6.62. The third-order valence-electron chi connectivity index (χ3n) is 3.86. The predicted octanol–water partition coefficient (Wildman–Crippen LogP) is 3.92. The van der Waals surface area contributed by atoms with Gasteiger partial charge in [-0.1, -0.05) is 41.4 Å². The fourth-order valence-corrected chi connectivity index (χ4v) is 2.97. The second-order valence-electron chi connectivity index (χ2n) is 5.78. The minimum absolute atomic E-state index is 0.0868. The summed E-state index contributed by atoms with van der Waals surface area (Å²) in [6, 6.07) is 12.1. The molecule has 0 aliphatic carbocycles. The molecule has 0 saturated heterocycles. The van der Waals surface area contributed by atoms with Crippen molar-refractivity contribution in [1.82, 2.24) is 15.1 Å². The van der Waals surface area contributed by atoms with Gasteiger partial charge in [0, 0.05) is 28.4 Å². The van der Waals surface area contributed by atoms with Gasteiger partial charge in [0.2, 0.25) is 5.43 Å². The van der Waals surface area contributed by atoms with Gasteiger partial charge in [-0.3, -0.25) is 9.59 Å². The molecule has 3 rings (SSSR count). The fraction of sp³-hybridized carbons (Fsp3) is 0.105. The predicted molar refractivity (Wildman–Crippen MR) is 102 cm³/mol. The maximum absolute atomic E-state index is 14.1. The molecule has 5 nitrogen and oxygen atoms in total. The Hall–Kier alpha value is -2.70. The van der Waals surface area contributed by atoms with Crippen molar-refractivity contribution < 1.29 is 9.18 Å². The third-order valence-corrected chi connectivity index (χ3v) is 4.44. The Morgan fingerprint density at radius 1 is 1.19 bits per heavy atom. The minimum atomic E-state index is -0.684.